The number of nitrogens with one attached hydrogen (secondary N) is 1. The molecule has 0 unspecified atom stereocenters. The van der Waals surface area contributed by atoms with Crippen LogP contribution in [0.25, 0.3) is 0 Å². The molecule has 1 N–H and O–H groups in total. The van der Waals surface area contributed by atoms with E-state index in [0.717, 1.165) is 54.9 Å². The Hall–Kier alpha value is -2.04. The fourth-order valence-electron chi connectivity index (χ4n) is 3.65. The average Bonchev–Trinajstić information content (AvgIpc) is 2.68. The van der Waals surface area contributed by atoms with Crippen molar-refractivity contribution in [1.29, 1.82) is 0 Å². The van der Waals surface area contributed by atoms with Crippen LogP contribution in [0.3, 0.4) is 0 Å². The summed E-state index contributed by atoms with van der Waals surface area (Å²) in [6.07, 6.45) is 1.92. The summed E-state index contributed by atoms with van der Waals surface area (Å²) < 4.78 is 5.59. The molecule has 1 amide bonds. The first-order chi connectivity index (χ1) is 13.5. The van der Waals surface area contributed by atoms with E-state index in [1.807, 2.05) is 51.1 Å². The third kappa shape index (κ3) is 5.27. The van der Waals surface area contributed by atoms with Crippen molar-refractivity contribution in [2.45, 2.75) is 46.2 Å². The summed E-state index contributed by atoms with van der Waals surface area (Å²) in [5, 5.41) is 3.87. The van der Waals surface area contributed by atoms with E-state index >= 15 is 0 Å². The number of hydrogen-bond acceptors (Lipinski definition) is 3. The highest BCUT2D eigenvalue weighted by molar-refractivity contribution is 6.32. The number of hydrogen-bond donors (Lipinski definition) is 1. The molecule has 0 atom stereocenters. The molecule has 1 fully saturated rings. The quantitative estimate of drug-likeness (QED) is 0.760. The highest BCUT2D eigenvalue weighted by atomic mass is 35.5. The second kappa shape index (κ2) is 9.44. The topological polar surface area (TPSA) is 41.6 Å². The van der Waals surface area contributed by atoms with Gasteiger partial charge in [0.15, 0.2) is 0 Å². The molecular formula is C23H29ClN2O2. The van der Waals surface area contributed by atoms with Gasteiger partial charge < -0.3 is 10.1 Å². The Labute approximate surface area is 172 Å². The minimum absolute atomic E-state index is 0.0405. The Morgan fingerprint density at radius 3 is 2.64 bits per heavy atom. The van der Waals surface area contributed by atoms with Crippen LogP contribution >= 0.6 is 11.6 Å². The Kier molecular flexibility index (Phi) is 6.97. The standard InChI is InChI=1S/C23H29ClN2O2/c1-4-28-22-14-18(7-8-21(22)24)15-26-11-9-19(10-12-26)25-23(27)20-13-16(2)5-6-17(20)3/h5-8,13-14,19H,4,9-12,15H2,1-3H3,(H,25,27). The first-order valence-corrected chi connectivity index (χ1v) is 10.4. The molecule has 2 aromatic carbocycles. The number of piperidine rings is 1. The number of nitrogens with zero attached hydrogens (tertiary/aromatic N) is 1. The summed E-state index contributed by atoms with van der Waals surface area (Å²) in [5.41, 5.74) is 4.12. The molecule has 0 aliphatic carbocycles. The zero-order chi connectivity index (χ0) is 20.1. The average molecular weight is 401 g/mol. The third-order valence-corrected chi connectivity index (χ3v) is 5.57. The number of benzene rings is 2. The van der Waals surface area contributed by atoms with Crippen molar-refractivity contribution in [2.24, 2.45) is 0 Å². The zero-order valence-electron chi connectivity index (χ0n) is 16.9. The van der Waals surface area contributed by atoms with Crippen LogP contribution in [0, 0.1) is 13.8 Å². The van der Waals surface area contributed by atoms with Crippen LogP contribution in [0.15, 0.2) is 36.4 Å². The number of amides is 1. The van der Waals surface area contributed by atoms with E-state index < -0.39 is 0 Å². The van der Waals surface area contributed by atoms with Crippen LogP contribution in [0.5, 0.6) is 5.75 Å². The van der Waals surface area contributed by atoms with Crippen molar-refractivity contribution in [1.82, 2.24) is 10.2 Å². The number of rotatable bonds is 6. The van der Waals surface area contributed by atoms with Gasteiger partial charge in [-0.3, -0.25) is 9.69 Å². The van der Waals surface area contributed by atoms with Gasteiger partial charge in [0, 0.05) is 31.2 Å². The fraction of sp³-hybridized carbons (Fsp3) is 0.435. The van der Waals surface area contributed by atoms with Gasteiger partial charge in [0.2, 0.25) is 0 Å². The lowest BCUT2D eigenvalue weighted by Gasteiger charge is -2.32. The molecule has 2 aromatic rings. The van der Waals surface area contributed by atoms with Crippen molar-refractivity contribution >= 4 is 17.5 Å². The van der Waals surface area contributed by atoms with Gasteiger partial charge in [0.25, 0.3) is 5.91 Å². The van der Waals surface area contributed by atoms with Gasteiger partial charge in [-0.2, -0.15) is 0 Å². The number of halogens is 1. The number of aryl methyl sites for hydroxylation is 2. The van der Waals surface area contributed by atoms with E-state index in [1.54, 1.807) is 0 Å². The van der Waals surface area contributed by atoms with Gasteiger partial charge in [0.05, 0.1) is 11.6 Å². The number of ether oxygens (including phenoxy) is 1. The minimum Gasteiger partial charge on any atom is -0.492 e. The summed E-state index contributed by atoms with van der Waals surface area (Å²) in [6, 6.07) is 12.2. The minimum atomic E-state index is 0.0405. The molecule has 0 saturated carbocycles. The third-order valence-electron chi connectivity index (χ3n) is 5.26. The van der Waals surface area contributed by atoms with Gasteiger partial charge in [-0.1, -0.05) is 35.4 Å². The maximum Gasteiger partial charge on any atom is 0.251 e. The molecule has 28 heavy (non-hydrogen) atoms. The van der Waals surface area contributed by atoms with Gasteiger partial charge in [-0.25, -0.2) is 0 Å². The summed E-state index contributed by atoms with van der Waals surface area (Å²) in [5.74, 6) is 0.788. The molecule has 0 aromatic heterocycles. The zero-order valence-corrected chi connectivity index (χ0v) is 17.7. The van der Waals surface area contributed by atoms with Crippen molar-refractivity contribution in [3.05, 3.63) is 63.7 Å². The van der Waals surface area contributed by atoms with E-state index in [4.69, 9.17) is 16.3 Å². The molecule has 5 heteroatoms. The normalized spacial score (nSPS) is 15.4. The smallest absolute Gasteiger partial charge is 0.251 e. The molecule has 0 spiro atoms. The molecular weight excluding hydrogens is 372 g/mol. The molecule has 150 valence electrons. The van der Waals surface area contributed by atoms with Crippen LogP contribution in [0.2, 0.25) is 5.02 Å². The number of likely N-dealkylation sites (tertiary alicyclic amines) is 1. The van der Waals surface area contributed by atoms with Gasteiger partial charge >= 0.3 is 0 Å². The largest absolute Gasteiger partial charge is 0.492 e. The SMILES string of the molecule is CCOc1cc(CN2CCC(NC(=O)c3cc(C)ccc3C)CC2)ccc1Cl. The van der Waals surface area contributed by atoms with Crippen LogP contribution in [-0.2, 0) is 6.54 Å². The maximum atomic E-state index is 12.6. The Balaban J connectivity index is 1.52. The molecule has 4 nitrogen and oxygen atoms in total. The summed E-state index contributed by atoms with van der Waals surface area (Å²) in [4.78, 5) is 15.1. The monoisotopic (exact) mass is 400 g/mol. The lowest BCUT2D eigenvalue weighted by Crippen LogP contribution is -2.44. The van der Waals surface area contributed by atoms with E-state index in [0.29, 0.717) is 11.6 Å². The van der Waals surface area contributed by atoms with Crippen molar-refractivity contribution < 1.29 is 9.53 Å². The van der Waals surface area contributed by atoms with Gasteiger partial charge in [-0.15, -0.1) is 0 Å². The molecule has 1 saturated heterocycles. The molecule has 0 radical (unpaired) electrons. The second-order valence-corrected chi connectivity index (χ2v) is 7.95. The molecule has 1 aliphatic rings. The first kappa shape index (κ1) is 20.7. The Morgan fingerprint density at radius 2 is 1.93 bits per heavy atom. The molecule has 3 rings (SSSR count). The van der Waals surface area contributed by atoms with Gasteiger partial charge in [0.1, 0.15) is 5.75 Å². The van der Waals surface area contributed by atoms with Crippen LogP contribution < -0.4 is 10.1 Å². The summed E-state index contributed by atoms with van der Waals surface area (Å²) >= 11 is 6.18. The van der Waals surface area contributed by atoms with Crippen LogP contribution in [-0.4, -0.2) is 36.5 Å². The molecule has 1 aliphatic heterocycles. The van der Waals surface area contributed by atoms with E-state index in [9.17, 15) is 4.79 Å². The first-order valence-electron chi connectivity index (χ1n) is 9.98. The van der Waals surface area contributed by atoms with E-state index in [-0.39, 0.29) is 11.9 Å². The highest BCUT2D eigenvalue weighted by Gasteiger charge is 2.22. The van der Waals surface area contributed by atoms with Crippen molar-refractivity contribution in [3.8, 4) is 5.75 Å². The van der Waals surface area contributed by atoms with E-state index in [2.05, 4.69) is 16.3 Å². The highest BCUT2D eigenvalue weighted by Crippen LogP contribution is 2.26. The van der Waals surface area contributed by atoms with Crippen molar-refractivity contribution in [2.75, 3.05) is 19.7 Å². The summed E-state index contributed by atoms with van der Waals surface area (Å²) in [6.45, 7) is 9.36. The number of carbonyl (C=O) groups excluding carboxylic acids is 1. The Bertz CT molecular complexity index is 829. The predicted molar refractivity (Wildman–Crippen MR) is 114 cm³/mol. The molecule has 0 bridgehead atoms. The predicted octanol–water partition coefficient (Wildman–Crippen LogP) is 4.75. The van der Waals surface area contributed by atoms with E-state index in [1.165, 1.54) is 5.56 Å². The van der Waals surface area contributed by atoms with Gasteiger partial charge in [-0.05, 0) is 62.9 Å². The Morgan fingerprint density at radius 1 is 1.18 bits per heavy atom. The molecule has 1 heterocycles. The lowest BCUT2D eigenvalue weighted by molar-refractivity contribution is 0.0908. The van der Waals surface area contributed by atoms with Crippen LogP contribution in [0.4, 0.5) is 0 Å². The van der Waals surface area contributed by atoms with Crippen LogP contribution in [0.1, 0.15) is 46.8 Å². The lowest BCUT2D eigenvalue weighted by atomic mass is 10.0. The summed E-state index contributed by atoms with van der Waals surface area (Å²) in [7, 11) is 0. The maximum absolute atomic E-state index is 12.6. The number of carbonyl (C=O) groups is 1. The fourth-order valence-corrected chi connectivity index (χ4v) is 3.82. The van der Waals surface area contributed by atoms with Crippen molar-refractivity contribution in [3.63, 3.8) is 0 Å². The second-order valence-electron chi connectivity index (χ2n) is 7.54.